The van der Waals surface area contributed by atoms with Crippen molar-refractivity contribution < 1.29 is 23.0 Å². The minimum Gasteiger partial charge on any atom is -0.465 e. The quantitative estimate of drug-likeness (QED) is 0.757. The third-order valence-electron chi connectivity index (χ3n) is 1.57. The maximum atomic E-state index is 11.9. The lowest BCUT2D eigenvalue weighted by molar-refractivity contribution is -0.0497. The number of ether oxygens (including phenoxy) is 2. The number of benzene rings is 1. The number of halogens is 3. The molecule has 1 rings (SSSR count). The van der Waals surface area contributed by atoms with E-state index in [9.17, 15) is 13.6 Å². The first-order valence-electron chi connectivity index (χ1n) is 3.87. The summed E-state index contributed by atoms with van der Waals surface area (Å²) in [7, 11) is 1.21. The molecule has 0 spiro atoms. The van der Waals surface area contributed by atoms with Crippen LogP contribution in [0.15, 0.2) is 18.2 Å². The molecule has 0 N–H and O–H groups in total. The van der Waals surface area contributed by atoms with Crippen LogP contribution in [0, 0.1) is 0 Å². The Morgan fingerprint density at radius 3 is 2.60 bits per heavy atom. The molecule has 1 aromatic carbocycles. The third kappa shape index (κ3) is 3.06. The van der Waals surface area contributed by atoms with Crippen LogP contribution in [-0.2, 0) is 4.74 Å². The summed E-state index contributed by atoms with van der Waals surface area (Å²) in [5.41, 5.74) is 0.170. The number of carbonyl (C=O) groups excluding carboxylic acids is 1. The third-order valence-corrected chi connectivity index (χ3v) is 1.86. The molecular formula is C9H7ClF2O3. The fourth-order valence-corrected chi connectivity index (χ4v) is 1.16. The average molecular weight is 237 g/mol. The highest BCUT2D eigenvalue weighted by atomic mass is 35.5. The van der Waals surface area contributed by atoms with Crippen LogP contribution in [0.4, 0.5) is 8.78 Å². The van der Waals surface area contributed by atoms with Crippen LogP contribution < -0.4 is 4.74 Å². The second kappa shape index (κ2) is 4.93. The van der Waals surface area contributed by atoms with Gasteiger partial charge in [0.1, 0.15) is 5.75 Å². The lowest BCUT2D eigenvalue weighted by Gasteiger charge is -2.07. The van der Waals surface area contributed by atoms with Crippen molar-refractivity contribution in [3.63, 3.8) is 0 Å². The Labute approximate surface area is 89.5 Å². The molecule has 0 atom stereocenters. The van der Waals surface area contributed by atoms with Gasteiger partial charge in [-0.3, -0.25) is 0 Å². The predicted octanol–water partition coefficient (Wildman–Crippen LogP) is 2.73. The fourth-order valence-electron chi connectivity index (χ4n) is 0.937. The van der Waals surface area contributed by atoms with Gasteiger partial charge in [0.2, 0.25) is 0 Å². The van der Waals surface area contributed by atoms with Gasteiger partial charge >= 0.3 is 12.6 Å². The highest BCUT2D eigenvalue weighted by Gasteiger charge is 2.12. The van der Waals surface area contributed by atoms with Gasteiger partial charge in [0.15, 0.2) is 0 Å². The highest BCUT2D eigenvalue weighted by molar-refractivity contribution is 6.32. The van der Waals surface area contributed by atoms with E-state index < -0.39 is 12.6 Å². The largest absolute Gasteiger partial charge is 0.465 e. The summed E-state index contributed by atoms with van der Waals surface area (Å²) in [6, 6.07) is 3.67. The molecule has 0 heterocycles. The second-order valence-corrected chi connectivity index (χ2v) is 2.92. The van der Waals surface area contributed by atoms with E-state index in [1.54, 1.807) is 0 Å². The molecule has 0 saturated carbocycles. The molecule has 1 aromatic rings. The van der Waals surface area contributed by atoms with Crippen LogP contribution >= 0.6 is 11.6 Å². The Bertz CT molecular complexity index is 368. The van der Waals surface area contributed by atoms with E-state index in [0.29, 0.717) is 0 Å². The van der Waals surface area contributed by atoms with E-state index in [-0.39, 0.29) is 16.3 Å². The molecule has 0 saturated heterocycles. The molecule has 0 aromatic heterocycles. The molecular weight excluding hydrogens is 230 g/mol. The van der Waals surface area contributed by atoms with Crippen LogP contribution in [0.3, 0.4) is 0 Å². The Balaban J connectivity index is 2.93. The maximum Gasteiger partial charge on any atom is 0.387 e. The number of carbonyl (C=O) groups is 1. The number of hydrogen-bond acceptors (Lipinski definition) is 3. The Morgan fingerprint density at radius 1 is 1.47 bits per heavy atom. The fraction of sp³-hybridized carbons (Fsp3) is 0.222. The molecule has 0 radical (unpaired) electrons. The molecule has 0 unspecified atom stereocenters. The topological polar surface area (TPSA) is 35.5 Å². The van der Waals surface area contributed by atoms with Gasteiger partial charge in [-0.15, -0.1) is 0 Å². The van der Waals surface area contributed by atoms with Gasteiger partial charge in [-0.25, -0.2) is 4.79 Å². The first kappa shape index (κ1) is 11.7. The molecule has 82 valence electrons. The summed E-state index contributed by atoms with van der Waals surface area (Å²) in [6.07, 6.45) is 0. The van der Waals surface area contributed by atoms with Crippen molar-refractivity contribution in [3.8, 4) is 5.75 Å². The van der Waals surface area contributed by atoms with Gasteiger partial charge in [0.25, 0.3) is 0 Å². The lowest BCUT2D eigenvalue weighted by atomic mass is 10.2. The van der Waals surface area contributed by atoms with Crippen molar-refractivity contribution >= 4 is 17.6 Å². The van der Waals surface area contributed by atoms with Crippen molar-refractivity contribution in [3.05, 3.63) is 28.8 Å². The van der Waals surface area contributed by atoms with Gasteiger partial charge in [-0.05, 0) is 18.2 Å². The zero-order valence-electron chi connectivity index (χ0n) is 7.67. The summed E-state index contributed by atoms with van der Waals surface area (Å²) in [6.45, 7) is -2.95. The normalized spacial score (nSPS) is 10.2. The first-order valence-corrected chi connectivity index (χ1v) is 4.25. The lowest BCUT2D eigenvalue weighted by Crippen LogP contribution is -2.04. The van der Waals surface area contributed by atoms with E-state index in [0.717, 1.165) is 0 Å². The van der Waals surface area contributed by atoms with Gasteiger partial charge in [0.05, 0.1) is 17.7 Å². The standard InChI is InChI=1S/C9H7ClF2O3/c1-14-8(13)5-2-3-7(6(10)4-5)15-9(11)12/h2-4,9H,1H3. The number of methoxy groups -OCH3 is 1. The monoisotopic (exact) mass is 236 g/mol. The summed E-state index contributed by atoms with van der Waals surface area (Å²) in [5.74, 6) is -0.778. The summed E-state index contributed by atoms with van der Waals surface area (Å²) < 4.78 is 32.2. The van der Waals surface area contributed by atoms with Crippen LogP contribution in [-0.4, -0.2) is 19.7 Å². The molecule has 0 aliphatic rings. The second-order valence-electron chi connectivity index (χ2n) is 2.52. The summed E-state index contributed by atoms with van der Waals surface area (Å²) >= 11 is 5.61. The van der Waals surface area contributed by atoms with Gasteiger partial charge < -0.3 is 9.47 Å². The minimum atomic E-state index is -2.95. The maximum absolute atomic E-state index is 11.9. The van der Waals surface area contributed by atoms with Gasteiger partial charge in [-0.1, -0.05) is 11.6 Å². The number of esters is 1. The van der Waals surface area contributed by atoms with Crippen molar-refractivity contribution in [1.29, 1.82) is 0 Å². The van der Waals surface area contributed by atoms with Gasteiger partial charge in [-0.2, -0.15) is 8.78 Å². The summed E-state index contributed by atoms with van der Waals surface area (Å²) in [5, 5.41) is -0.0711. The smallest absolute Gasteiger partial charge is 0.387 e. The SMILES string of the molecule is COC(=O)c1ccc(OC(F)F)c(Cl)c1. The van der Waals surface area contributed by atoms with Crippen molar-refractivity contribution in [2.75, 3.05) is 7.11 Å². The molecule has 0 aliphatic carbocycles. The van der Waals surface area contributed by atoms with E-state index >= 15 is 0 Å². The number of alkyl halides is 2. The molecule has 6 heteroatoms. The van der Waals surface area contributed by atoms with Crippen molar-refractivity contribution in [2.45, 2.75) is 6.61 Å². The highest BCUT2D eigenvalue weighted by Crippen LogP contribution is 2.27. The van der Waals surface area contributed by atoms with E-state index in [4.69, 9.17) is 11.6 Å². The van der Waals surface area contributed by atoms with Crippen LogP contribution in [0.25, 0.3) is 0 Å². The average Bonchev–Trinajstić information content (AvgIpc) is 2.19. The van der Waals surface area contributed by atoms with Crippen LogP contribution in [0.1, 0.15) is 10.4 Å². The Hall–Kier alpha value is -1.36. The number of hydrogen-bond donors (Lipinski definition) is 0. The molecule has 3 nitrogen and oxygen atoms in total. The first-order chi connectivity index (χ1) is 7.04. The van der Waals surface area contributed by atoms with Crippen LogP contribution in [0.5, 0.6) is 5.75 Å². The number of rotatable bonds is 3. The van der Waals surface area contributed by atoms with Crippen molar-refractivity contribution in [1.82, 2.24) is 0 Å². The zero-order valence-corrected chi connectivity index (χ0v) is 8.42. The molecule has 0 bridgehead atoms. The summed E-state index contributed by atoms with van der Waals surface area (Å²) in [4.78, 5) is 11.0. The zero-order chi connectivity index (χ0) is 11.4. The van der Waals surface area contributed by atoms with E-state index in [2.05, 4.69) is 9.47 Å². The van der Waals surface area contributed by atoms with E-state index in [1.165, 1.54) is 25.3 Å². The van der Waals surface area contributed by atoms with Gasteiger partial charge in [0, 0.05) is 0 Å². The molecule has 15 heavy (non-hydrogen) atoms. The van der Waals surface area contributed by atoms with Crippen LogP contribution in [0.2, 0.25) is 5.02 Å². The molecule has 0 amide bonds. The Morgan fingerprint density at radius 2 is 2.13 bits per heavy atom. The Kier molecular flexibility index (Phi) is 3.85. The van der Waals surface area contributed by atoms with Crippen molar-refractivity contribution in [2.24, 2.45) is 0 Å². The minimum absolute atomic E-state index is 0.0711. The molecule has 0 fully saturated rings. The predicted molar refractivity (Wildman–Crippen MR) is 49.4 cm³/mol. The molecule has 0 aliphatic heterocycles. The van der Waals surface area contributed by atoms with E-state index in [1.807, 2.05) is 0 Å².